The van der Waals surface area contributed by atoms with Gasteiger partial charge in [0.25, 0.3) is 11.8 Å². The third kappa shape index (κ3) is 3.25. The van der Waals surface area contributed by atoms with Gasteiger partial charge in [-0.05, 0) is 42.3 Å². The Hall–Kier alpha value is -2.93. The first-order valence-corrected chi connectivity index (χ1v) is 8.69. The minimum Gasteiger partial charge on any atom is -0.507 e. The molecule has 4 amide bonds. The molecule has 1 fully saturated rings. The number of anilines is 1. The number of aromatic hydroxyl groups is 1. The van der Waals surface area contributed by atoms with Crippen molar-refractivity contribution in [3.8, 4) is 5.75 Å². The summed E-state index contributed by atoms with van der Waals surface area (Å²) in [6.07, 6.45) is 1.89. The zero-order valence-electron chi connectivity index (χ0n) is 13.8. The van der Waals surface area contributed by atoms with Crippen molar-refractivity contribution in [2.45, 2.75) is 13.3 Å². The van der Waals surface area contributed by atoms with Crippen LogP contribution in [-0.2, 0) is 16.0 Å². The Balaban J connectivity index is 2.09. The molecule has 0 spiro atoms. The molecule has 1 heterocycles. The quantitative estimate of drug-likeness (QED) is 0.595. The van der Waals surface area contributed by atoms with Crippen molar-refractivity contribution < 1.29 is 19.5 Å². The van der Waals surface area contributed by atoms with Crippen molar-refractivity contribution in [1.82, 2.24) is 5.32 Å². The van der Waals surface area contributed by atoms with E-state index < -0.39 is 17.8 Å². The first kappa shape index (κ1) is 17.9. The first-order chi connectivity index (χ1) is 12.4. The van der Waals surface area contributed by atoms with E-state index in [9.17, 15) is 19.5 Å². The van der Waals surface area contributed by atoms with Gasteiger partial charge in [-0.1, -0.05) is 41.1 Å². The number of hydrogen-bond acceptors (Lipinski definition) is 4. The molecule has 132 valence electrons. The smallest absolute Gasteiger partial charge is 0.335 e. The van der Waals surface area contributed by atoms with Crippen LogP contribution in [0.3, 0.4) is 0 Å². The Morgan fingerprint density at radius 2 is 1.88 bits per heavy atom. The van der Waals surface area contributed by atoms with Gasteiger partial charge in [0.15, 0.2) is 0 Å². The Morgan fingerprint density at radius 3 is 2.62 bits per heavy atom. The monoisotopic (exact) mass is 414 g/mol. The van der Waals surface area contributed by atoms with Crippen molar-refractivity contribution in [1.29, 1.82) is 0 Å². The van der Waals surface area contributed by atoms with E-state index in [1.54, 1.807) is 24.3 Å². The lowest BCUT2D eigenvalue weighted by Crippen LogP contribution is -2.54. The van der Waals surface area contributed by atoms with E-state index in [2.05, 4.69) is 21.2 Å². The molecule has 1 aliphatic heterocycles. The highest BCUT2D eigenvalue weighted by Gasteiger charge is 2.37. The molecule has 2 aromatic rings. The van der Waals surface area contributed by atoms with E-state index in [1.165, 1.54) is 12.1 Å². The fourth-order valence-corrected chi connectivity index (χ4v) is 3.08. The standard InChI is InChI=1S/C19H15BrN2O4/c1-2-11-5-3-4-6-15(11)22-18(25)14(17(24)21-19(22)26)10-12-9-13(20)7-8-16(12)23/h3-10,23H,2H2,1H3,(H,21,24,26)/b14-10-. The Kier molecular flexibility index (Phi) is 4.90. The van der Waals surface area contributed by atoms with Gasteiger partial charge in [-0.2, -0.15) is 0 Å². The highest BCUT2D eigenvalue weighted by molar-refractivity contribution is 9.10. The maximum atomic E-state index is 12.9. The number of imide groups is 2. The summed E-state index contributed by atoms with van der Waals surface area (Å²) in [4.78, 5) is 38.3. The molecule has 0 aromatic heterocycles. The van der Waals surface area contributed by atoms with Gasteiger partial charge in [0.05, 0.1) is 5.69 Å². The van der Waals surface area contributed by atoms with Crippen LogP contribution in [0.2, 0.25) is 0 Å². The second kappa shape index (κ2) is 7.13. The predicted molar refractivity (Wildman–Crippen MR) is 101 cm³/mol. The van der Waals surface area contributed by atoms with Crippen LogP contribution in [0.25, 0.3) is 6.08 Å². The molecule has 0 saturated carbocycles. The molecule has 7 heteroatoms. The summed E-state index contributed by atoms with van der Waals surface area (Å²) in [5, 5.41) is 12.1. The average molecular weight is 415 g/mol. The van der Waals surface area contributed by atoms with E-state index in [0.29, 0.717) is 16.6 Å². The molecule has 0 aliphatic carbocycles. The molecule has 6 nitrogen and oxygen atoms in total. The number of barbiturate groups is 1. The normalized spacial score (nSPS) is 16.2. The number of benzene rings is 2. The van der Waals surface area contributed by atoms with Gasteiger partial charge >= 0.3 is 6.03 Å². The van der Waals surface area contributed by atoms with Gasteiger partial charge < -0.3 is 5.11 Å². The highest BCUT2D eigenvalue weighted by atomic mass is 79.9. The number of carbonyl (C=O) groups is 3. The van der Waals surface area contributed by atoms with Crippen LogP contribution in [0, 0.1) is 0 Å². The molecule has 0 radical (unpaired) electrons. The number of para-hydroxylation sites is 1. The topological polar surface area (TPSA) is 86.7 Å². The van der Waals surface area contributed by atoms with Crippen molar-refractivity contribution in [2.75, 3.05) is 4.90 Å². The number of phenols is 1. The second-order valence-electron chi connectivity index (χ2n) is 5.64. The number of nitrogens with one attached hydrogen (secondary N) is 1. The molecule has 3 rings (SSSR count). The van der Waals surface area contributed by atoms with Crippen molar-refractivity contribution in [2.24, 2.45) is 0 Å². The van der Waals surface area contributed by atoms with E-state index in [0.717, 1.165) is 10.5 Å². The van der Waals surface area contributed by atoms with Crippen LogP contribution in [0.15, 0.2) is 52.5 Å². The van der Waals surface area contributed by atoms with Crippen molar-refractivity contribution in [3.63, 3.8) is 0 Å². The molecular formula is C19H15BrN2O4. The zero-order valence-corrected chi connectivity index (χ0v) is 15.4. The maximum absolute atomic E-state index is 12.9. The van der Waals surface area contributed by atoms with Crippen LogP contribution in [0.1, 0.15) is 18.1 Å². The lowest BCUT2D eigenvalue weighted by molar-refractivity contribution is -0.122. The van der Waals surface area contributed by atoms with Crippen molar-refractivity contribution in [3.05, 3.63) is 63.6 Å². The number of aryl methyl sites for hydroxylation is 1. The van der Waals surface area contributed by atoms with Gasteiger partial charge in [0.2, 0.25) is 0 Å². The molecule has 2 aromatic carbocycles. The average Bonchev–Trinajstić information content (AvgIpc) is 2.61. The van der Waals surface area contributed by atoms with Crippen LogP contribution < -0.4 is 10.2 Å². The number of phenolic OH excluding ortho intramolecular Hbond substituents is 1. The second-order valence-corrected chi connectivity index (χ2v) is 6.56. The van der Waals surface area contributed by atoms with Gasteiger partial charge in [0.1, 0.15) is 11.3 Å². The fourth-order valence-electron chi connectivity index (χ4n) is 2.70. The summed E-state index contributed by atoms with van der Waals surface area (Å²) >= 11 is 3.28. The number of rotatable bonds is 3. The molecule has 1 saturated heterocycles. The van der Waals surface area contributed by atoms with E-state index in [-0.39, 0.29) is 16.9 Å². The van der Waals surface area contributed by atoms with Gasteiger partial charge in [0, 0.05) is 10.0 Å². The van der Waals surface area contributed by atoms with Crippen LogP contribution in [0.4, 0.5) is 10.5 Å². The number of amides is 4. The summed E-state index contributed by atoms with van der Waals surface area (Å²) in [6.45, 7) is 1.91. The Morgan fingerprint density at radius 1 is 1.15 bits per heavy atom. The molecule has 26 heavy (non-hydrogen) atoms. The van der Waals surface area contributed by atoms with E-state index in [4.69, 9.17) is 0 Å². The molecule has 2 N–H and O–H groups in total. The third-order valence-corrected chi connectivity index (χ3v) is 4.50. The molecule has 0 bridgehead atoms. The molecular weight excluding hydrogens is 400 g/mol. The van der Waals surface area contributed by atoms with Gasteiger partial charge in [-0.15, -0.1) is 0 Å². The summed E-state index contributed by atoms with van der Waals surface area (Å²) in [6, 6.07) is 10.9. The van der Waals surface area contributed by atoms with Crippen LogP contribution in [0.5, 0.6) is 5.75 Å². The van der Waals surface area contributed by atoms with Crippen LogP contribution in [-0.4, -0.2) is 23.0 Å². The first-order valence-electron chi connectivity index (χ1n) is 7.90. The molecule has 0 atom stereocenters. The minimum absolute atomic E-state index is 0.0845. The predicted octanol–water partition coefficient (Wildman–Crippen LogP) is 3.38. The van der Waals surface area contributed by atoms with Crippen LogP contribution >= 0.6 is 15.9 Å². The Labute approximate surface area is 158 Å². The third-order valence-electron chi connectivity index (χ3n) is 4.00. The summed E-state index contributed by atoms with van der Waals surface area (Å²) in [5.74, 6) is -1.62. The van der Waals surface area contributed by atoms with Gasteiger partial charge in [-0.3, -0.25) is 14.9 Å². The van der Waals surface area contributed by atoms with E-state index in [1.807, 2.05) is 19.1 Å². The number of carbonyl (C=O) groups excluding carboxylic acids is 3. The summed E-state index contributed by atoms with van der Waals surface area (Å²) in [5.41, 5.74) is 1.28. The summed E-state index contributed by atoms with van der Waals surface area (Å²) in [7, 11) is 0. The molecule has 1 aliphatic rings. The zero-order chi connectivity index (χ0) is 18.8. The van der Waals surface area contributed by atoms with Gasteiger partial charge in [-0.25, -0.2) is 9.69 Å². The number of hydrogen-bond donors (Lipinski definition) is 2. The lowest BCUT2D eigenvalue weighted by atomic mass is 10.0. The number of halogens is 1. The largest absolute Gasteiger partial charge is 0.507 e. The minimum atomic E-state index is -0.801. The Bertz CT molecular complexity index is 952. The summed E-state index contributed by atoms with van der Waals surface area (Å²) < 4.78 is 0.676. The maximum Gasteiger partial charge on any atom is 0.335 e. The molecule has 0 unspecified atom stereocenters. The number of urea groups is 1. The van der Waals surface area contributed by atoms with E-state index >= 15 is 0 Å². The fraction of sp³-hybridized carbons (Fsp3) is 0.105. The number of nitrogens with zero attached hydrogens (tertiary/aromatic N) is 1. The van der Waals surface area contributed by atoms with Crippen molar-refractivity contribution >= 4 is 45.5 Å². The SMILES string of the molecule is CCc1ccccc1N1C(=O)NC(=O)/C(=C/c2cc(Br)ccc2O)C1=O. The highest BCUT2D eigenvalue weighted by Crippen LogP contribution is 2.28. The lowest BCUT2D eigenvalue weighted by Gasteiger charge is -2.28.